The zero-order valence-electron chi connectivity index (χ0n) is 19.8. The monoisotopic (exact) mass is 479 g/mol. The van der Waals surface area contributed by atoms with Crippen LogP contribution in [0.15, 0.2) is 54.6 Å². The lowest BCUT2D eigenvalue weighted by molar-refractivity contribution is -0.119. The lowest BCUT2D eigenvalue weighted by Crippen LogP contribution is -2.40. The molecule has 1 aromatic heterocycles. The summed E-state index contributed by atoms with van der Waals surface area (Å²) < 4.78 is 9.96. The number of nitrogens with zero attached hydrogens (tertiary/aromatic N) is 4. The first-order valence-corrected chi connectivity index (χ1v) is 12.7. The van der Waals surface area contributed by atoms with Gasteiger partial charge in [-0.25, -0.2) is 4.98 Å². The first kappa shape index (κ1) is 24.3. The molecular weight excluding hydrogens is 446 g/mol. The minimum absolute atomic E-state index is 0.00759. The first-order chi connectivity index (χ1) is 16.7. The molecule has 1 N–H and O–H groups in total. The van der Waals surface area contributed by atoms with Gasteiger partial charge in [-0.2, -0.15) is 4.37 Å². The predicted molar refractivity (Wildman–Crippen MR) is 136 cm³/mol. The second kappa shape index (κ2) is 12.6. The number of amides is 1. The van der Waals surface area contributed by atoms with E-state index in [1.165, 1.54) is 22.7 Å². The molecule has 0 saturated carbocycles. The molecule has 0 bridgehead atoms. The number of benzene rings is 2. The van der Waals surface area contributed by atoms with Crippen molar-refractivity contribution in [2.75, 3.05) is 50.8 Å². The summed E-state index contributed by atoms with van der Waals surface area (Å²) in [6.45, 7) is 8.15. The fraction of sp³-hybridized carbons (Fsp3) is 0.423. The van der Waals surface area contributed by atoms with Crippen LogP contribution in [0, 0.1) is 6.92 Å². The van der Waals surface area contributed by atoms with E-state index in [4.69, 9.17) is 9.72 Å². The molecule has 1 fully saturated rings. The molecular formula is C26H33N5O2S. The predicted octanol–water partition coefficient (Wildman–Crippen LogP) is 3.28. The maximum atomic E-state index is 12.8. The summed E-state index contributed by atoms with van der Waals surface area (Å²) >= 11 is 1.35. The Balaban J connectivity index is 1.34. The van der Waals surface area contributed by atoms with Crippen LogP contribution < -0.4 is 10.2 Å². The van der Waals surface area contributed by atoms with Crippen molar-refractivity contribution in [2.45, 2.75) is 26.3 Å². The number of hydrogen-bond acceptors (Lipinski definition) is 7. The SMILES string of the molecule is Cc1ccc(Cc2nsc(N(CC(=O)NCCCN3CCOCC3)Cc3ccccc3)n2)cc1. The fourth-order valence-electron chi connectivity index (χ4n) is 3.91. The lowest BCUT2D eigenvalue weighted by Gasteiger charge is -2.26. The molecule has 180 valence electrons. The molecule has 1 amide bonds. The van der Waals surface area contributed by atoms with Crippen LogP contribution in [0.2, 0.25) is 0 Å². The first-order valence-electron chi connectivity index (χ1n) is 11.9. The second-order valence-corrected chi connectivity index (χ2v) is 9.39. The summed E-state index contributed by atoms with van der Waals surface area (Å²) in [4.78, 5) is 21.9. The van der Waals surface area contributed by atoms with Crippen LogP contribution >= 0.6 is 11.5 Å². The molecule has 4 rings (SSSR count). The van der Waals surface area contributed by atoms with Gasteiger partial charge in [-0.1, -0.05) is 60.2 Å². The van der Waals surface area contributed by atoms with E-state index in [9.17, 15) is 4.79 Å². The Morgan fingerprint density at radius 3 is 2.62 bits per heavy atom. The van der Waals surface area contributed by atoms with E-state index >= 15 is 0 Å². The van der Waals surface area contributed by atoms with E-state index < -0.39 is 0 Å². The second-order valence-electron chi connectivity index (χ2n) is 8.65. The van der Waals surface area contributed by atoms with Crippen molar-refractivity contribution in [1.82, 2.24) is 19.6 Å². The summed E-state index contributed by atoms with van der Waals surface area (Å²) in [5, 5.41) is 3.85. The third kappa shape index (κ3) is 7.62. The number of carbonyl (C=O) groups is 1. The molecule has 1 aliphatic heterocycles. The van der Waals surface area contributed by atoms with E-state index in [1.807, 2.05) is 23.1 Å². The molecule has 7 nitrogen and oxygen atoms in total. The largest absolute Gasteiger partial charge is 0.379 e. The average molecular weight is 480 g/mol. The molecule has 0 aliphatic carbocycles. The van der Waals surface area contributed by atoms with Gasteiger partial charge in [0.25, 0.3) is 0 Å². The van der Waals surface area contributed by atoms with Gasteiger partial charge >= 0.3 is 0 Å². The zero-order chi connectivity index (χ0) is 23.6. The van der Waals surface area contributed by atoms with Crippen LogP contribution in [0.25, 0.3) is 0 Å². The molecule has 34 heavy (non-hydrogen) atoms. The number of aromatic nitrogens is 2. The minimum atomic E-state index is 0.00759. The maximum absolute atomic E-state index is 12.8. The number of ether oxygens (including phenoxy) is 1. The average Bonchev–Trinajstić information content (AvgIpc) is 3.33. The summed E-state index contributed by atoms with van der Waals surface area (Å²) in [6, 6.07) is 18.6. The highest BCUT2D eigenvalue weighted by molar-refractivity contribution is 7.09. The summed E-state index contributed by atoms with van der Waals surface area (Å²) in [6.07, 6.45) is 1.62. The van der Waals surface area contributed by atoms with Crippen molar-refractivity contribution in [3.05, 3.63) is 77.1 Å². The standard InChI is InChI=1S/C26H33N5O2S/c1-21-8-10-22(11-9-21)18-24-28-26(34-29-24)31(19-23-6-3-2-4-7-23)20-25(32)27-12-5-13-30-14-16-33-17-15-30/h2-4,6-11H,5,12-20H2,1H3,(H,27,32). The highest BCUT2D eigenvalue weighted by Gasteiger charge is 2.17. The molecule has 0 spiro atoms. The van der Waals surface area contributed by atoms with E-state index in [2.05, 4.69) is 57.9 Å². The molecule has 1 saturated heterocycles. The van der Waals surface area contributed by atoms with Crippen LogP contribution in [0.1, 0.15) is 28.9 Å². The van der Waals surface area contributed by atoms with Crippen LogP contribution in [-0.2, 0) is 22.5 Å². The highest BCUT2D eigenvalue weighted by Crippen LogP contribution is 2.21. The quantitative estimate of drug-likeness (QED) is 0.426. The number of carbonyl (C=O) groups excluding carboxylic acids is 1. The Bertz CT molecular complexity index is 1020. The molecule has 8 heteroatoms. The van der Waals surface area contributed by atoms with Crippen molar-refractivity contribution in [2.24, 2.45) is 0 Å². The van der Waals surface area contributed by atoms with Crippen molar-refractivity contribution in [3.8, 4) is 0 Å². The van der Waals surface area contributed by atoms with E-state index in [1.54, 1.807) is 0 Å². The molecule has 0 atom stereocenters. The highest BCUT2D eigenvalue weighted by atomic mass is 32.1. The van der Waals surface area contributed by atoms with Gasteiger partial charge in [-0.15, -0.1) is 0 Å². The third-order valence-electron chi connectivity index (χ3n) is 5.84. The van der Waals surface area contributed by atoms with Gasteiger partial charge < -0.3 is 15.0 Å². The number of hydrogen-bond donors (Lipinski definition) is 1. The number of morpholine rings is 1. The summed E-state index contributed by atoms with van der Waals surface area (Å²) in [5.41, 5.74) is 3.56. The molecule has 0 radical (unpaired) electrons. The zero-order valence-corrected chi connectivity index (χ0v) is 20.6. The maximum Gasteiger partial charge on any atom is 0.239 e. The molecule has 2 heterocycles. The summed E-state index contributed by atoms with van der Waals surface area (Å²) in [7, 11) is 0. The van der Waals surface area contributed by atoms with Crippen LogP contribution in [-0.4, -0.2) is 66.1 Å². The Labute approximate surface area is 205 Å². The number of rotatable bonds is 11. The normalized spacial score (nSPS) is 14.1. The van der Waals surface area contributed by atoms with Crippen molar-refractivity contribution < 1.29 is 9.53 Å². The van der Waals surface area contributed by atoms with Gasteiger partial charge in [0, 0.05) is 44.1 Å². The van der Waals surface area contributed by atoms with Gasteiger partial charge in [0.1, 0.15) is 5.82 Å². The summed E-state index contributed by atoms with van der Waals surface area (Å²) in [5.74, 6) is 0.793. The Hall–Kier alpha value is -2.81. The molecule has 1 aliphatic rings. The Morgan fingerprint density at radius 2 is 1.85 bits per heavy atom. The lowest BCUT2D eigenvalue weighted by atomic mass is 10.1. The third-order valence-corrected chi connectivity index (χ3v) is 6.65. The Kier molecular flexibility index (Phi) is 9.01. The van der Waals surface area contributed by atoms with Crippen LogP contribution in [0.3, 0.4) is 0 Å². The van der Waals surface area contributed by atoms with Crippen molar-refractivity contribution in [3.63, 3.8) is 0 Å². The molecule has 2 aromatic carbocycles. The van der Waals surface area contributed by atoms with Gasteiger partial charge in [0.2, 0.25) is 11.0 Å². The topological polar surface area (TPSA) is 70.6 Å². The van der Waals surface area contributed by atoms with Gasteiger partial charge in [-0.05, 0) is 31.0 Å². The van der Waals surface area contributed by atoms with Crippen LogP contribution in [0.5, 0.6) is 0 Å². The fourth-order valence-corrected chi connectivity index (χ4v) is 4.60. The number of aryl methyl sites for hydroxylation is 1. The van der Waals surface area contributed by atoms with Gasteiger partial charge in [0.05, 0.1) is 19.8 Å². The van der Waals surface area contributed by atoms with Crippen molar-refractivity contribution in [1.29, 1.82) is 0 Å². The molecule has 0 unspecified atom stereocenters. The smallest absolute Gasteiger partial charge is 0.239 e. The Morgan fingerprint density at radius 1 is 1.09 bits per heavy atom. The van der Waals surface area contributed by atoms with E-state index in [-0.39, 0.29) is 12.5 Å². The van der Waals surface area contributed by atoms with Gasteiger partial charge in [-0.3, -0.25) is 9.69 Å². The van der Waals surface area contributed by atoms with Crippen LogP contribution in [0.4, 0.5) is 5.13 Å². The minimum Gasteiger partial charge on any atom is -0.379 e. The number of anilines is 1. The van der Waals surface area contributed by atoms with Gasteiger partial charge in [0.15, 0.2) is 0 Å². The van der Waals surface area contributed by atoms with Crippen molar-refractivity contribution >= 4 is 22.6 Å². The molecule has 3 aromatic rings. The number of nitrogens with one attached hydrogen (secondary N) is 1. The van der Waals surface area contributed by atoms with E-state index in [0.29, 0.717) is 19.5 Å². The van der Waals surface area contributed by atoms with E-state index in [0.717, 1.165) is 55.8 Å².